The largest absolute Gasteiger partial charge is 0.396 e. The zero-order chi connectivity index (χ0) is 16.9. The van der Waals surface area contributed by atoms with E-state index >= 15 is 0 Å². The first kappa shape index (κ1) is 16.8. The number of ketones is 1. The highest BCUT2D eigenvalue weighted by molar-refractivity contribution is 5.93. The van der Waals surface area contributed by atoms with E-state index in [4.69, 9.17) is 5.11 Å². The first-order chi connectivity index (χ1) is 11.5. The Balaban J connectivity index is 1.59. The van der Waals surface area contributed by atoms with Crippen molar-refractivity contribution in [1.29, 1.82) is 0 Å². The molecule has 4 aliphatic carbocycles. The van der Waals surface area contributed by atoms with Gasteiger partial charge in [-0.05, 0) is 92.4 Å². The number of aliphatic hydroxyl groups is 1. The second-order valence-corrected chi connectivity index (χ2v) is 9.64. The molecule has 134 valence electrons. The molecule has 0 heterocycles. The molecule has 7 atom stereocenters. The highest BCUT2D eigenvalue weighted by Gasteiger charge is 2.54. The van der Waals surface area contributed by atoms with Crippen molar-refractivity contribution in [2.24, 2.45) is 40.9 Å². The molecule has 3 fully saturated rings. The Bertz CT molecular complexity index is 536. The molecule has 0 saturated heterocycles. The third-order valence-corrected chi connectivity index (χ3v) is 8.35. The van der Waals surface area contributed by atoms with E-state index in [1.54, 1.807) is 0 Å². The molecular formula is C22H34O2. The Morgan fingerprint density at radius 2 is 2.12 bits per heavy atom. The van der Waals surface area contributed by atoms with E-state index in [1.165, 1.54) is 37.7 Å². The van der Waals surface area contributed by atoms with Gasteiger partial charge in [0, 0.05) is 12.5 Å². The monoisotopic (exact) mass is 330 g/mol. The molecule has 24 heavy (non-hydrogen) atoms. The van der Waals surface area contributed by atoms with Crippen molar-refractivity contribution < 1.29 is 9.90 Å². The number of hydrogen-bond donors (Lipinski definition) is 1. The molecule has 0 aliphatic heterocycles. The number of aliphatic hydroxyl groups excluding tert-OH is 1. The van der Waals surface area contributed by atoms with Gasteiger partial charge in [-0.15, -0.1) is 0 Å². The summed E-state index contributed by atoms with van der Waals surface area (Å²) in [6.07, 6.45) is 13.0. The maximum Gasteiger partial charge on any atom is 0.158 e. The van der Waals surface area contributed by atoms with Gasteiger partial charge in [0.2, 0.25) is 0 Å². The molecule has 4 aliphatic rings. The lowest BCUT2D eigenvalue weighted by Gasteiger charge is -2.55. The number of carbonyl (C=O) groups excluding carboxylic acids is 1. The van der Waals surface area contributed by atoms with Gasteiger partial charge in [0.1, 0.15) is 0 Å². The molecule has 0 bridgehead atoms. The van der Waals surface area contributed by atoms with Crippen molar-refractivity contribution in [3.05, 3.63) is 11.6 Å². The lowest BCUT2D eigenvalue weighted by Crippen LogP contribution is -2.48. The van der Waals surface area contributed by atoms with Crippen LogP contribution in [0.15, 0.2) is 11.6 Å². The van der Waals surface area contributed by atoms with Crippen molar-refractivity contribution >= 4 is 5.78 Å². The van der Waals surface area contributed by atoms with Crippen LogP contribution in [-0.2, 0) is 4.79 Å². The van der Waals surface area contributed by atoms with E-state index in [1.807, 2.05) is 6.08 Å². The number of carbonyl (C=O) groups is 1. The van der Waals surface area contributed by atoms with E-state index in [0.29, 0.717) is 17.1 Å². The van der Waals surface area contributed by atoms with Gasteiger partial charge >= 0.3 is 0 Å². The van der Waals surface area contributed by atoms with Crippen molar-refractivity contribution in [2.45, 2.75) is 71.6 Å². The smallest absolute Gasteiger partial charge is 0.158 e. The minimum absolute atomic E-state index is 0.178. The first-order valence-corrected chi connectivity index (χ1v) is 10.4. The van der Waals surface area contributed by atoms with Crippen LogP contribution in [-0.4, -0.2) is 17.5 Å². The third kappa shape index (κ3) is 2.60. The molecule has 0 aromatic carbocycles. The van der Waals surface area contributed by atoms with E-state index in [-0.39, 0.29) is 12.5 Å². The summed E-state index contributed by atoms with van der Waals surface area (Å²) in [5.41, 5.74) is 2.09. The summed E-state index contributed by atoms with van der Waals surface area (Å²) in [5.74, 6) is 4.58. The maximum atomic E-state index is 12.5. The number of allylic oxidation sites excluding steroid dienone is 1. The van der Waals surface area contributed by atoms with Gasteiger partial charge in [0.25, 0.3) is 0 Å². The average Bonchev–Trinajstić information content (AvgIpc) is 2.94. The van der Waals surface area contributed by atoms with Crippen LogP contribution in [0.5, 0.6) is 0 Å². The van der Waals surface area contributed by atoms with Crippen LogP contribution in [0.2, 0.25) is 0 Å². The average molecular weight is 331 g/mol. The van der Waals surface area contributed by atoms with Crippen LogP contribution in [0.1, 0.15) is 71.6 Å². The van der Waals surface area contributed by atoms with Crippen LogP contribution in [0.25, 0.3) is 0 Å². The van der Waals surface area contributed by atoms with Gasteiger partial charge in [-0.2, -0.15) is 0 Å². The second kappa shape index (κ2) is 6.27. The molecular weight excluding hydrogens is 296 g/mol. The molecule has 4 rings (SSSR count). The summed E-state index contributed by atoms with van der Waals surface area (Å²) in [5, 5.41) is 9.14. The fourth-order valence-corrected chi connectivity index (χ4v) is 7.25. The molecule has 0 aromatic heterocycles. The molecule has 0 aromatic rings. The van der Waals surface area contributed by atoms with Gasteiger partial charge in [0.15, 0.2) is 5.78 Å². The molecule has 2 heteroatoms. The highest BCUT2D eigenvalue weighted by Crippen LogP contribution is 2.63. The molecule has 1 N–H and O–H groups in total. The molecule has 0 radical (unpaired) electrons. The van der Waals surface area contributed by atoms with Crippen molar-refractivity contribution in [3.8, 4) is 0 Å². The fraction of sp³-hybridized carbons (Fsp3) is 0.864. The van der Waals surface area contributed by atoms with Gasteiger partial charge < -0.3 is 5.11 Å². The SMILES string of the molecule is CC1CC2=CC(=O)C(CCCO)C[C@@H]2[C@H]2CC[C@]3(C)CCC[C@H]3[C@H]12. The summed E-state index contributed by atoms with van der Waals surface area (Å²) in [6.45, 7) is 5.24. The molecule has 0 amide bonds. The van der Waals surface area contributed by atoms with Gasteiger partial charge in [0.05, 0.1) is 0 Å². The van der Waals surface area contributed by atoms with Crippen LogP contribution in [0, 0.1) is 40.9 Å². The Morgan fingerprint density at radius 1 is 1.29 bits per heavy atom. The summed E-state index contributed by atoms with van der Waals surface area (Å²) in [6, 6.07) is 0. The van der Waals surface area contributed by atoms with E-state index in [9.17, 15) is 4.79 Å². The normalized spacial score (nSPS) is 47.6. The maximum absolute atomic E-state index is 12.5. The van der Waals surface area contributed by atoms with Crippen molar-refractivity contribution in [1.82, 2.24) is 0 Å². The molecule has 2 unspecified atom stereocenters. The van der Waals surface area contributed by atoms with Crippen molar-refractivity contribution in [3.63, 3.8) is 0 Å². The lowest BCUT2D eigenvalue weighted by atomic mass is 9.49. The van der Waals surface area contributed by atoms with Gasteiger partial charge in [-0.3, -0.25) is 4.79 Å². The number of fused-ring (bicyclic) bond motifs is 5. The zero-order valence-corrected chi connectivity index (χ0v) is 15.5. The second-order valence-electron chi connectivity index (χ2n) is 9.64. The summed E-state index contributed by atoms with van der Waals surface area (Å²) in [4.78, 5) is 12.5. The standard InChI is InChI=1S/C22H34O2/c1-14-11-16-13-20(24)15(5-4-10-23)12-18(16)17-7-9-22(2)8-3-6-19(22)21(14)17/h13-15,17-19,21,23H,3-12H2,1-2H3/t14?,15?,17-,18+,19+,21-,22+/m1/s1. The van der Waals surface area contributed by atoms with Crippen LogP contribution in [0.4, 0.5) is 0 Å². The van der Waals surface area contributed by atoms with E-state index in [0.717, 1.165) is 49.4 Å². The summed E-state index contributed by atoms with van der Waals surface area (Å²) >= 11 is 0. The predicted molar refractivity (Wildman–Crippen MR) is 96.4 cm³/mol. The Hall–Kier alpha value is -0.630. The summed E-state index contributed by atoms with van der Waals surface area (Å²) < 4.78 is 0. The zero-order valence-electron chi connectivity index (χ0n) is 15.5. The minimum Gasteiger partial charge on any atom is -0.396 e. The number of hydrogen-bond acceptors (Lipinski definition) is 2. The van der Waals surface area contributed by atoms with Crippen LogP contribution < -0.4 is 0 Å². The lowest BCUT2D eigenvalue weighted by molar-refractivity contribution is -0.121. The molecule has 2 nitrogen and oxygen atoms in total. The Labute approximate surface area is 147 Å². The topological polar surface area (TPSA) is 37.3 Å². The Morgan fingerprint density at radius 3 is 2.92 bits per heavy atom. The predicted octanol–water partition coefficient (Wildman–Crippen LogP) is 4.76. The van der Waals surface area contributed by atoms with E-state index < -0.39 is 0 Å². The minimum atomic E-state index is 0.178. The third-order valence-electron chi connectivity index (χ3n) is 8.35. The van der Waals surface area contributed by atoms with Crippen LogP contribution in [0.3, 0.4) is 0 Å². The fourth-order valence-electron chi connectivity index (χ4n) is 7.25. The van der Waals surface area contributed by atoms with Crippen LogP contribution >= 0.6 is 0 Å². The number of rotatable bonds is 3. The van der Waals surface area contributed by atoms with Gasteiger partial charge in [-0.25, -0.2) is 0 Å². The Kier molecular flexibility index (Phi) is 4.39. The van der Waals surface area contributed by atoms with Crippen molar-refractivity contribution in [2.75, 3.05) is 6.61 Å². The molecule has 3 saturated carbocycles. The summed E-state index contributed by atoms with van der Waals surface area (Å²) in [7, 11) is 0. The van der Waals surface area contributed by atoms with Gasteiger partial charge in [-0.1, -0.05) is 25.8 Å². The highest BCUT2D eigenvalue weighted by atomic mass is 16.3. The molecule has 0 spiro atoms. The quantitative estimate of drug-likeness (QED) is 0.810. The first-order valence-electron chi connectivity index (χ1n) is 10.4. The van der Waals surface area contributed by atoms with E-state index in [2.05, 4.69) is 13.8 Å².